The number of rotatable bonds is 5. The first kappa shape index (κ1) is 26.6. The fourth-order valence-corrected chi connectivity index (χ4v) is 5.11. The predicted molar refractivity (Wildman–Crippen MR) is 113 cm³/mol. The lowest BCUT2D eigenvalue weighted by Crippen LogP contribution is -2.68. The molecule has 0 spiro atoms. The van der Waals surface area contributed by atoms with Crippen molar-refractivity contribution < 1.29 is 44.4 Å². The molecule has 37 heavy (non-hydrogen) atoms. The Morgan fingerprint density at radius 1 is 1.22 bits per heavy atom. The van der Waals surface area contributed by atoms with Gasteiger partial charge in [0.1, 0.15) is 0 Å². The summed E-state index contributed by atoms with van der Waals surface area (Å²) in [5.74, 6) is -4.91. The molecule has 0 aliphatic carbocycles. The average molecular weight is 553 g/mol. The maximum Gasteiger partial charge on any atom is 0.492 e. The average Bonchev–Trinajstić information content (AvgIpc) is 3.19. The summed E-state index contributed by atoms with van der Waals surface area (Å²) in [5.41, 5.74) is 4.05. The van der Waals surface area contributed by atoms with Crippen molar-refractivity contribution in [3.8, 4) is 11.3 Å². The highest BCUT2D eigenvalue weighted by Crippen LogP contribution is 2.34. The monoisotopic (exact) mass is 553 g/mol. The van der Waals surface area contributed by atoms with Gasteiger partial charge in [-0.3, -0.25) is 0 Å². The van der Waals surface area contributed by atoms with Crippen LogP contribution in [0.5, 0.6) is 0 Å². The molecule has 11 nitrogen and oxygen atoms in total. The van der Waals surface area contributed by atoms with Crippen LogP contribution in [0, 0.1) is 6.92 Å². The Hall–Kier alpha value is -3.51. The molecule has 3 heterocycles. The van der Waals surface area contributed by atoms with Gasteiger partial charge in [-0.1, -0.05) is 6.07 Å². The number of anilines is 1. The molecule has 0 amide bonds. The SMILES string of the molecule is Cc1ccc(S(=O)(=O)N(OC(=O)C(F)(F)F)C2(C)CNC2)cc1-c1cnc2c(N)nc(C(F)(F)F)nn12. The Labute approximate surface area is 204 Å². The summed E-state index contributed by atoms with van der Waals surface area (Å²) in [6.45, 7) is 2.51. The number of nitrogen functional groups attached to an aromatic ring is 1. The number of fused-ring (bicyclic) bond motifs is 1. The first-order chi connectivity index (χ1) is 16.9. The summed E-state index contributed by atoms with van der Waals surface area (Å²) in [5, 5.41) is 6.11. The fourth-order valence-electron chi connectivity index (χ4n) is 3.53. The third-order valence-corrected chi connectivity index (χ3v) is 7.29. The second kappa shape index (κ2) is 8.52. The Kier molecular flexibility index (Phi) is 6.11. The minimum atomic E-state index is -5.48. The number of nitrogens with two attached hydrogens (primary N) is 1. The van der Waals surface area contributed by atoms with Gasteiger partial charge in [-0.25, -0.2) is 27.7 Å². The van der Waals surface area contributed by atoms with E-state index in [2.05, 4.69) is 25.2 Å². The van der Waals surface area contributed by atoms with Crippen molar-refractivity contribution in [3.63, 3.8) is 0 Å². The molecule has 1 fully saturated rings. The van der Waals surface area contributed by atoms with E-state index < -0.39 is 50.4 Å². The molecule has 1 aliphatic heterocycles. The van der Waals surface area contributed by atoms with Crippen LogP contribution < -0.4 is 11.1 Å². The lowest BCUT2D eigenvalue weighted by molar-refractivity contribution is -0.236. The highest BCUT2D eigenvalue weighted by Gasteiger charge is 2.52. The van der Waals surface area contributed by atoms with Crippen molar-refractivity contribution >= 4 is 27.5 Å². The second-order valence-electron chi connectivity index (χ2n) is 8.38. The third-order valence-electron chi connectivity index (χ3n) is 5.49. The highest BCUT2D eigenvalue weighted by atomic mass is 32.2. The highest BCUT2D eigenvalue weighted by molar-refractivity contribution is 7.89. The summed E-state index contributed by atoms with van der Waals surface area (Å²) in [6, 6.07) is 3.30. The van der Waals surface area contributed by atoms with Crippen LogP contribution >= 0.6 is 0 Å². The molecule has 0 unspecified atom stereocenters. The van der Waals surface area contributed by atoms with Gasteiger partial charge in [-0.05, 0) is 36.0 Å². The van der Waals surface area contributed by atoms with E-state index in [1.54, 1.807) is 0 Å². The predicted octanol–water partition coefficient (Wildman–Crippen LogP) is 2.07. The number of nitrogens with one attached hydrogen (secondary N) is 1. The number of hydrogen-bond donors (Lipinski definition) is 2. The van der Waals surface area contributed by atoms with Crippen molar-refractivity contribution in [2.75, 3.05) is 18.8 Å². The normalized spacial score (nSPS) is 16.1. The van der Waals surface area contributed by atoms with Gasteiger partial charge in [0.05, 0.1) is 22.3 Å². The van der Waals surface area contributed by atoms with E-state index in [4.69, 9.17) is 5.73 Å². The van der Waals surface area contributed by atoms with E-state index in [-0.39, 0.29) is 34.5 Å². The lowest BCUT2D eigenvalue weighted by atomic mass is 9.97. The molecule has 0 radical (unpaired) electrons. The van der Waals surface area contributed by atoms with E-state index >= 15 is 0 Å². The molecule has 2 aromatic heterocycles. The van der Waals surface area contributed by atoms with Gasteiger partial charge in [-0.15, -0.1) is 5.10 Å². The van der Waals surface area contributed by atoms with Crippen molar-refractivity contribution in [1.29, 1.82) is 0 Å². The summed E-state index contributed by atoms with van der Waals surface area (Å²) in [7, 11) is -4.91. The topological polar surface area (TPSA) is 145 Å². The van der Waals surface area contributed by atoms with Crippen molar-refractivity contribution in [2.45, 2.75) is 36.6 Å². The number of sulfonamides is 1. The number of aryl methyl sites for hydroxylation is 1. The third kappa shape index (κ3) is 4.66. The number of alkyl halides is 6. The number of carbonyl (C=O) groups excluding carboxylic acids is 1. The van der Waals surface area contributed by atoms with Gasteiger partial charge in [-0.2, -0.15) is 26.3 Å². The quantitative estimate of drug-likeness (QED) is 0.358. The number of benzene rings is 1. The molecule has 18 heteroatoms. The number of aromatic nitrogens is 4. The van der Waals surface area contributed by atoms with Gasteiger partial charge in [0, 0.05) is 18.7 Å². The van der Waals surface area contributed by atoms with Crippen LogP contribution in [0.3, 0.4) is 0 Å². The van der Waals surface area contributed by atoms with Gasteiger partial charge in [0.15, 0.2) is 11.5 Å². The van der Waals surface area contributed by atoms with Crippen molar-refractivity contribution in [2.24, 2.45) is 0 Å². The molecule has 0 bridgehead atoms. The van der Waals surface area contributed by atoms with Crippen LogP contribution in [0.15, 0.2) is 29.3 Å². The maximum atomic E-state index is 13.4. The zero-order valence-electron chi connectivity index (χ0n) is 18.8. The van der Waals surface area contributed by atoms with Crippen LogP contribution in [0.2, 0.25) is 0 Å². The lowest BCUT2D eigenvalue weighted by Gasteiger charge is -2.44. The van der Waals surface area contributed by atoms with Gasteiger partial charge < -0.3 is 15.9 Å². The molecule has 0 saturated carbocycles. The first-order valence-electron chi connectivity index (χ1n) is 10.2. The first-order valence-corrected chi connectivity index (χ1v) is 11.6. The maximum absolute atomic E-state index is 13.4. The smallest absolute Gasteiger partial charge is 0.380 e. The number of nitrogens with zero attached hydrogens (tertiary/aromatic N) is 5. The molecule has 1 aromatic carbocycles. The molecule has 1 saturated heterocycles. The van der Waals surface area contributed by atoms with Crippen LogP contribution in [-0.2, 0) is 25.8 Å². The number of carbonyl (C=O) groups is 1. The Balaban J connectivity index is 1.85. The summed E-state index contributed by atoms with van der Waals surface area (Å²) >= 11 is 0. The molecular weight excluding hydrogens is 536 g/mol. The molecule has 3 N–H and O–H groups in total. The minimum absolute atomic E-state index is 0.0128. The standard InChI is InChI=1S/C19H17F6N7O4S/c1-9-3-4-10(37(34,35)32(17(2)7-27-8-17)36-16(33)19(23,24)25)5-11(9)12-6-28-14-13(26)29-15(18(20,21)22)30-31(12)14/h3-6,27H,7-8H2,1-2H3,(H2,26,29,30). The van der Waals surface area contributed by atoms with Crippen LogP contribution in [0.1, 0.15) is 18.3 Å². The number of hydrogen-bond acceptors (Lipinski definition) is 9. The van der Waals surface area contributed by atoms with Crippen LogP contribution in [-0.4, -0.2) is 63.2 Å². The Morgan fingerprint density at radius 3 is 2.41 bits per heavy atom. The zero-order valence-corrected chi connectivity index (χ0v) is 19.7. The van der Waals surface area contributed by atoms with Crippen LogP contribution in [0.4, 0.5) is 32.2 Å². The second-order valence-corrected chi connectivity index (χ2v) is 10.1. The summed E-state index contributed by atoms with van der Waals surface area (Å²) in [4.78, 5) is 22.3. The summed E-state index contributed by atoms with van der Waals surface area (Å²) < 4.78 is 106. The molecule has 3 aromatic rings. The van der Waals surface area contributed by atoms with E-state index in [0.29, 0.717) is 5.56 Å². The number of hydroxylamine groups is 1. The van der Waals surface area contributed by atoms with Gasteiger partial charge in [0.25, 0.3) is 15.8 Å². The van der Waals surface area contributed by atoms with Crippen LogP contribution in [0.25, 0.3) is 16.9 Å². The molecule has 200 valence electrons. The fraction of sp³-hybridized carbons (Fsp3) is 0.368. The summed E-state index contributed by atoms with van der Waals surface area (Å²) in [6.07, 6.45) is -9.36. The minimum Gasteiger partial charge on any atom is -0.380 e. The van der Waals surface area contributed by atoms with E-state index in [1.165, 1.54) is 19.9 Å². The number of imidazole rings is 1. The molecule has 0 atom stereocenters. The molecule has 1 aliphatic rings. The van der Waals surface area contributed by atoms with Crippen molar-refractivity contribution in [3.05, 3.63) is 35.8 Å². The zero-order chi connectivity index (χ0) is 27.6. The Morgan fingerprint density at radius 2 is 1.86 bits per heavy atom. The van der Waals surface area contributed by atoms with Gasteiger partial charge >= 0.3 is 18.3 Å². The van der Waals surface area contributed by atoms with E-state index in [1.807, 2.05) is 0 Å². The van der Waals surface area contributed by atoms with Gasteiger partial charge in [0.2, 0.25) is 0 Å². The molecular formula is C19H17F6N7O4S. The van der Waals surface area contributed by atoms with Crippen molar-refractivity contribution in [1.82, 2.24) is 29.4 Å². The van der Waals surface area contributed by atoms with E-state index in [0.717, 1.165) is 22.8 Å². The Bertz CT molecular complexity index is 1500. The largest absolute Gasteiger partial charge is 0.492 e. The molecule has 4 rings (SSSR count). The number of halogens is 6. The van der Waals surface area contributed by atoms with E-state index in [9.17, 15) is 39.6 Å².